The number of aliphatic imine (C=N–C) groups is 1. The normalized spacial score (nSPS) is 17.3. The fraction of sp³-hybridized carbons (Fsp3) is 0.348. The van der Waals surface area contributed by atoms with Crippen molar-refractivity contribution in [1.29, 1.82) is 0 Å². The lowest BCUT2D eigenvalue weighted by molar-refractivity contribution is 0.0568. The number of nitrogens with zero attached hydrogens (tertiary/aromatic N) is 3. The highest BCUT2D eigenvalue weighted by atomic mass is 19.1. The van der Waals surface area contributed by atoms with Gasteiger partial charge in [-0.05, 0) is 45.0 Å². The Labute approximate surface area is 196 Å². The number of carbonyl (C=O) groups is 1. The van der Waals surface area contributed by atoms with E-state index in [0.29, 0.717) is 41.8 Å². The molecule has 34 heavy (non-hydrogen) atoms. The number of aromatic nitrogens is 1. The number of fused-ring (bicyclic) bond motifs is 1. The zero-order valence-electron chi connectivity index (χ0n) is 19.4. The molecule has 10 nitrogen and oxygen atoms in total. The van der Waals surface area contributed by atoms with Crippen molar-refractivity contribution in [1.82, 2.24) is 10.3 Å². The van der Waals surface area contributed by atoms with Gasteiger partial charge in [-0.15, -0.1) is 0 Å². The van der Waals surface area contributed by atoms with E-state index in [1.165, 1.54) is 12.0 Å². The van der Waals surface area contributed by atoms with E-state index in [1.54, 1.807) is 36.5 Å². The van der Waals surface area contributed by atoms with Crippen LogP contribution in [0.5, 0.6) is 11.6 Å². The SMILES string of the molecule is COc1ccc(NC2N=CC(F)=C(Nc3ccc4c(c3)N(C(=O)OC(C)(C)C)CCO4)N2)cn1. The Morgan fingerprint density at radius 3 is 2.76 bits per heavy atom. The number of nitrogens with one attached hydrogen (secondary N) is 3. The van der Waals surface area contributed by atoms with Crippen LogP contribution in [-0.4, -0.2) is 49.4 Å². The highest BCUT2D eigenvalue weighted by molar-refractivity contribution is 5.91. The predicted molar refractivity (Wildman–Crippen MR) is 127 cm³/mol. The average molecular weight is 471 g/mol. The lowest BCUT2D eigenvalue weighted by Crippen LogP contribution is -2.41. The van der Waals surface area contributed by atoms with Crippen molar-refractivity contribution in [2.24, 2.45) is 4.99 Å². The van der Waals surface area contributed by atoms with Crippen molar-refractivity contribution < 1.29 is 23.4 Å². The molecule has 0 bridgehead atoms. The molecule has 3 N–H and O–H groups in total. The summed E-state index contributed by atoms with van der Waals surface area (Å²) in [6.07, 6.45) is 1.62. The number of anilines is 3. The number of pyridine rings is 1. The average Bonchev–Trinajstić information content (AvgIpc) is 2.80. The molecule has 0 saturated heterocycles. The first-order valence-electron chi connectivity index (χ1n) is 10.7. The molecule has 3 heterocycles. The molecule has 0 saturated carbocycles. The quantitative estimate of drug-likeness (QED) is 0.605. The van der Waals surface area contributed by atoms with Gasteiger partial charge >= 0.3 is 6.09 Å². The summed E-state index contributed by atoms with van der Waals surface area (Å²) in [5, 5.41) is 9.08. The molecule has 1 aromatic heterocycles. The van der Waals surface area contributed by atoms with E-state index in [4.69, 9.17) is 14.2 Å². The first-order valence-corrected chi connectivity index (χ1v) is 10.7. The molecule has 1 atom stereocenters. The molecule has 2 aliphatic rings. The van der Waals surface area contributed by atoms with Gasteiger partial charge in [0.15, 0.2) is 12.1 Å². The van der Waals surface area contributed by atoms with Crippen LogP contribution in [0.25, 0.3) is 0 Å². The lowest BCUT2D eigenvalue weighted by atomic mass is 10.2. The minimum absolute atomic E-state index is 0.120. The zero-order valence-corrected chi connectivity index (χ0v) is 19.4. The van der Waals surface area contributed by atoms with Crippen LogP contribution in [0.3, 0.4) is 0 Å². The number of rotatable bonds is 5. The molecular formula is C23H27FN6O4. The van der Waals surface area contributed by atoms with Gasteiger partial charge in [-0.25, -0.2) is 19.2 Å². The topological polar surface area (TPSA) is 109 Å². The molecule has 4 rings (SSSR count). The number of allylic oxidation sites excluding steroid dienone is 1. The smallest absolute Gasteiger partial charge is 0.415 e. The maximum Gasteiger partial charge on any atom is 0.415 e. The molecule has 2 aromatic rings. The van der Waals surface area contributed by atoms with Crippen molar-refractivity contribution in [3.63, 3.8) is 0 Å². The summed E-state index contributed by atoms with van der Waals surface area (Å²) in [5.74, 6) is 0.580. The van der Waals surface area contributed by atoms with E-state index in [9.17, 15) is 9.18 Å². The first kappa shape index (κ1) is 23.1. The molecule has 0 radical (unpaired) electrons. The Balaban J connectivity index is 1.48. The number of amides is 1. The van der Waals surface area contributed by atoms with Crippen LogP contribution < -0.4 is 30.3 Å². The highest BCUT2D eigenvalue weighted by Gasteiger charge is 2.29. The summed E-state index contributed by atoms with van der Waals surface area (Å²) in [5.41, 5.74) is 1.13. The number of halogens is 1. The molecule has 0 spiro atoms. The minimum atomic E-state index is -0.633. The largest absolute Gasteiger partial charge is 0.490 e. The van der Waals surface area contributed by atoms with Gasteiger partial charge < -0.3 is 30.2 Å². The van der Waals surface area contributed by atoms with E-state index in [0.717, 1.165) is 6.21 Å². The Morgan fingerprint density at radius 1 is 1.26 bits per heavy atom. The summed E-state index contributed by atoms with van der Waals surface area (Å²) in [7, 11) is 1.54. The number of hydrogen-bond acceptors (Lipinski definition) is 9. The van der Waals surface area contributed by atoms with Gasteiger partial charge in [0.1, 0.15) is 23.8 Å². The maximum atomic E-state index is 14.5. The number of carbonyl (C=O) groups excluding carboxylic acids is 1. The van der Waals surface area contributed by atoms with Crippen LogP contribution in [0.4, 0.5) is 26.2 Å². The second kappa shape index (κ2) is 9.46. The zero-order chi connectivity index (χ0) is 24.3. The van der Waals surface area contributed by atoms with E-state index < -0.39 is 23.8 Å². The number of ether oxygens (including phenoxy) is 3. The van der Waals surface area contributed by atoms with E-state index >= 15 is 0 Å². The molecule has 180 valence electrons. The van der Waals surface area contributed by atoms with Crippen LogP contribution in [0, 0.1) is 0 Å². The molecule has 1 amide bonds. The Kier molecular flexibility index (Phi) is 6.44. The monoisotopic (exact) mass is 470 g/mol. The van der Waals surface area contributed by atoms with Crippen molar-refractivity contribution in [2.45, 2.75) is 32.7 Å². The van der Waals surface area contributed by atoms with Crippen molar-refractivity contribution in [3.05, 3.63) is 48.2 Å². The van der Waals surface area contributed by atoms with E-state index in [1.807, 2.05) is 20.8 Å². The number of hydrogen-bond donors (Lipinski definition) is 3. The summed E-state index contributed by atoms with van der Waals surface area (Å²) in [6.45, 7) is 6.12. The third-order valence-electron chi connectivity index (χ3n) is 4.81. The number of methoxy groups -OCH3 is 1. The molecule has 0 aliphatic carbocycles. The van der Waals surface area contributed by atoms with Crippen molar-refractivity contribution in [2.75, 3.05) is 35.8 Å². The summed E-state index contributed by atoms with van der Waals surface area (Å²) >= 11 is 0. The maximum absolute atomic E-state index is 14.5. The standard InChI is InChI=1S/C23H27FN6O4/c1-23(2,3)34-22(31)30-9-10-33-18-7-5-14(11-17(18)30)27-20-16(24)13-26-21(29-20)28-15-6-8-19(32-4)25-12-15/h5-8,11-13,21,27-29H,9-10H2,1-4H3. The van der Waals surface area contributed by atoms with Gasteiger partial charge in [-0.3, -0.25) is 4.90 Å². The van der Waals surface area contributed by atoms with Crippen LogP contribution >= 0.6 is 0 Å². The second-order valence-electron chi connectivity index (χ2n) is 8.57. The summed E-state index contributed by atoms with van der Waals surface area (Å²) in [4.78, 5) is 22.4. The fourth-order valence-electron chi connectivity index (χ4n) is 3.31. The van der Waals surface area contributed by atoms with Crippen LogP contribution in [-0.2, 0) is 4.74 Å². The summed E-state index contributed by atoms with van der Waals surface area (Å²) < 4.78 is 30.8. The molecular weight excluding hydrogens is 443 g/mol. The lowest BCUT2D eigenvalue weighted by Gasteiger charge is -2.32. The van der Waals surface area contributed by atoms with Crippen molar-refractivity contribution in [3.8, 4) is 11.6 Å². The Morgan fingerprint density at radius 2 is 2.06 bits per heavy atom. The van der Waals surface area contributed by atoms with Gasteiger partial charge in [0.2, 0.25) is 5.88 Å². The van der Waals surface area contributed by atoms with Gasteiger partial charge in [0, 0.05) is 11.8 Å². The predicted octanol–water partition coefficient (Wildman–Crippen LogP) is 3.84. The molecule has 0 fully saturated rings. The summed E-state index contributed by atoms with van der Waals surface area (Å²) in [6, 6.07) is 8.65. The van der Waals surface area contributed by atoms with Crippen molar-refractivity contribution >= 4 is 29.4 Å². The molecule has 1 unspecified atom stereocenters. The van der Waals surface area contributed by atoms with Gasteiger partial charge in [-0.1, -0.05) is 0 Å². The third kappa shape index (κ3) is 5.48. The van der Waals surface area contributed by atoms with Crippen LogP contribution in [0.15, 0.2) is 53.2 Å². The highest BCUT2D eigenvalue weighted by Crippen LogP contribution is 2.35. The molecule has 1 aromatic carbocycles. The van der Waals surface area contributed by atoms with Crippen LogP contribution in [0.2, 0.25) is 0 Å². The molecule has 11 heteroatoms. The van der Waals surface area contributed by atoms with Gasteiger partial charge in [-0.2, -0.15) is 0 Å². The van der Waals surface area contributed by atoms with E-state index in [-0.39, 0.29) is 5.82 Å². The van der Waals surface area contributed by atoms with Gasteiger partial charge in [0.05, 0.1) is 37.4 Å². The molecule has 2 aliphatic heterocycles. The van der Waals surface area contributed by atoms with E-state index in [2.05, 4.69) is 25.9 Å². The fourth-order valence-corrected chi connectivity index (χ4v) is 3.31. The Bertz CT molecular complexity index is 1110. The second-order valence-corrected chi connectivity index (χ2v) is 8.57. The first-order chi connectivity index (χ1) is 16.2. The van der Waals surface area contributed by atoms with Gasteiger partial charge in [0.25, 0.3) is 0 Å². The van der Waals surface area contributed by atoms with Crippen LogP contribution in [0.1, 0.15) is 20.8 Å². The Hall–Kier alpha value is -4.02. The third-order valence-corrected chi connectivity index (χ3v) is 4.81. The minimum Gasteiger partial charge on any atom is -0.490 e. The number of benzene rings is 1.